The predicted molar refractivity (Wildman–Crippen MR) is 148 cm³/mol. The highest BCUT2D eigenvalue weighted by Crippen LogP contribution is 2.33. The van der Waals surface area contributed by atoms with Crippen molar-refractivity contribution < 1.29 is 13.9 Å². The van der Waals surface area contributed by atoms with Gasteiger partial charge in [0.05, 0.1) is 13.1 Å². The molecule has 4 aromatic rings. The Bertz CT molecular complexity index is 1410. The first kappa shape index (κ1) is 27.9. The minimum Gasteiger partial charge on any atom is -0.381 e. The number of nitrogens with zero attached hydrogens (tertiary/aromatic N) is 8. The largest absolute Gasteiger partial charge is 0.381 e. The first-order chi connectivity index (χ1) is 19.0. The normalized spacial score (nSPS) is 17.1. The molecule has 212 valence electrons. The summed E-state index contributed by atoms with van der Waals surface area (Å²) in [6, 6.07) is 11.4. The maximum atomic E-state index is 14.9. The Kier molecular flexibility index (Phi) is 7.70. The molecule has 2 aromatic carbocycles. The molecule has 0 aliphatic carbocycles. The average molecular weight is 551 g/mol. The Hall–Kier alpha value is -3.70. The average Bonchev–Trinajstić information content (AvgIpc) is 3.60. The van der Waals surface area contributed by atoms with Gasteiger partial charge in [-0.2, -0.15) is 5.10 Å². The zero-order valence-electron chi connectivity index (χ0n) is 23.4. The van der Waals surface area contributed by atoms with Gasteiger partial charge in [0.15, 0.2) is 0 Å². The quantitative estimate of drug-likeness (QED) is 0.359. The number of benzene rings is 2. The predicted octanol–water partition coefficient (Wildman–Crippen LogP) is 3.59. The van der Waals surface area contributed by atoms with Gasteiger partial charge in [0, 0.05) is 43.9 Å². The van der Waals surface area contributed by atoms with Gasteiger partial charge in [0.25, 0.3) is 0 Å². The Balaban J connectivity index is 1.25. The third kappa shape index (κ3) is 5.90. The van der Waals surface area contributed by atoms with E-state index in [0.29, 0.717) is 38.7 Å². The molecule has 1 aliphatic rings. The van der Waals surface area contributed by atoms with Gasteiger partial charge in [-0.1, -0.05) is 51.1 Å². The first-order valence-electron chi connectivity index (χ1n) is 13.5. The van der Waals surface area contributed by atoms with Gasteiger partial charge in [-0.25, -0.2) is 28.1 Å². The Morgan fingerprint density at radius 2 is 1.68 bits per heavy atom. The van der Waals surface area contributed by atoms with Crippen LogP contribution >= 0.6 is 0 Å². The highest BCUT2D eigenvalue weighted by atomic mass is 19.1. The molecule has 3 heterocycles. The highest BCUT2D eigenvalue weighted by molar-refractivity contribution is 5.31. The third-order valence-corrected chi connectivity index (χ3v) is 7.79. The standard InChI is InChI=1S/C29H36F2N8O/c1-21(29(40,17-39-19-32-18-34-39)25-10-9-24(30)15-26(25)31)36-11-13-37(14-12-36)27-33-20-38(35-27)16-22-5-7-23(8-6-22)28(2,3)4/h5-10,15,18-21,40H,11-14,16-17H2,1-4H3/t21-,29-/m1/s1. The number of aliphatic hydroxyl groups is 1. The summed E-state index contributed by atoms with van der Waals surface area (Å²) in [6.45, 7) is 11.5. The van der Waals surface area contributed by atoms with E-state index in [2.05, 4.69) is 69.9 Å². The second-order valence-corrected chi connectivity index (χ2v) is 11.5. The van der Waals surface area contributed by atoms with Gasteiger partial charge in [-0.3, -0.25) is 4.90 Å². The molecule has 0 amide bonds. The second kappa shape index (κ2) is 11.1. The van der Waals surface area contributed by atoms with Crippen LogP contribution in [0.5, 0.6) is 0 Å². The molecule has 11 heteroatoms. The van der Waals surface area contributed by atoms with Crippen molar-refractivity contribution in [2.75, 3.05) is 31.1 Å². The van der Waals surface area contributed by atoms with E-state index in [9.17, 15) is 13.9 Å². The van der Waals surface area contributed by atoms with Crippen molar-refractivity contribution in [2.45, 2.75) is 57.8 Å². The fourth-order valence-corrected chi connectivity index (χ4v) is 5.26. The van der Waals surface area contributed by atoms with Crippen LogP contribution in [-0.2, 0) is 24.1 Å². The van der Waals surface area contributed by atoms with Crippen LogP contribution in [0.4, 0.5) is 14.7 Å². The van der Waals surface area contributed by atoms with Gasteiger partial charge in [0.1, 0.15) is 36.2 Å². The zero-order chi connectivity index (χ0) is 28.5. The van der Waals surface area contributed by atoms with Crippen molar-refractivity contribution >= 4 is 5.95 Å². The summed E-state index contributed by atoms with van der Waals surface area (Å²) in [4.78, 5) is 12.7. The van der Waals surface area contributed by atoms with Crippen LogP contribution in [0.2, 0.25) is 0 Å². The van der Waals surface area contributed by atoms with Gasteiger partial charge >= 0.3 is 0 Å². The molecule has 0 bridgehead atoms. The van der Waals surface area contributed by atoms with E-state index in [1.165, 1.54) is 29.0 Å². The van der Waals surface area contributed by atoms with Gasteiger partial charge in [0.2, 0.25) is 5.95 Å². The molecule has 9 nitrogen and oxygen atoms in total. The van der Waals surface area contributed by atoms with E-state index < -0.39 is 23.3 Å². The van der Waals surface area contributed by atoms with Crippen LogP contribution in [0.15, 0.2) is 61.4 Å². The molecule has 1 N–H and O–H groups in total. The van der Waals surface area contributed by atoms with Crippen molar-refractivity contribution in [3.8, 4) is 0 Å². The van der Waals surface area contributed by atoms with Crippen molar-refractivity contribution in [3.63, 3.8) is 0 Å². The van der Waals surface area contributed by atoms with E-state index >= 15 is 0 Å². The molecule has 1 fully saturated rings. The lowest BCUT2D eigenvalue weighted by molar-refractivity contribution is -0.0650. The zero-order valence-corrected chi connectivity index (χ0v) is 23.4. The van der Waals surface area contributed by atoms with Gasteiger partial charge in [-0.15, -0.1) is 5.10 Å². The smallest absolute Gasteiger partial charge is 0.244 e. The number of hydrogen-bond donors (Lipinski definition) is 1. The summed E-state index contributed by atoms with van der Waals surface area (Å²) >= 11 is 0. The molecule has 1 aliphatic heterocycles. The molecular formula is C29H36F2N8O. The lowest BCUT2D eigenvalue weighted by atomic mass is 9.85. The number of anilines is 1. The summed E-state index contributed by atoms with van der Waals surface area (Å²) < 4.78 is 31.9. The van der Waals surface area contributed by atoms with Crippen molar-refractivity contribution in [3.05, 3.63) is 89.8 Å². The first-order valence-corrected chi connectivity index (χ1v) is 13.5. The maximum absolute atomic E-state index is 14.9. The molecule has 2 aromatic heterocycles. The van der Waals surface area contributed by atoms with E-state index in [4.69, 9.17) is 5.10 Å². The van der Waals surface area contributed by atoms with Crippen LogP contribution in [0, 0.1) is 11.6 Å². The number of hydrogen-bond acceptors (Lipinski definition) is 7. The minimum absolute atomic E-state index is 0.0234. The molecule has 0 spiro atoms. The number of rotatable bonds is 8. The fourth-order valence-electron chi connectivity index (χ4n) is 5.26. The summed E-state index contributed by atoms with van der Waals surface area (Å²) in [7, 11) is 0. The Morgan fingerprint density at radius 3 is 2.30 bits per heavy atom. The summed E-state index contributed by atoms with van der Waals surface area (Å²) in [5.74, 6) is -0.837. The number of piperazine rings is 1. The van der Waals surface area contributed by atoms with Gasteiger partial charge in [-0.05, 0) is 29.5 Å². The number of aromatic nitrogens is 6. The molecule has 1 saturated heterocycles. The maximum Gasteiger partial charge on any atom is 0.244 e. The monoisotopic (exact) mass is 550 g/mol. The molecule has 0 radical (unpaired) electrons. The van der Waals surface area contributed by atoms with Crippen LogP contribution in [0.1, 0.15) is 44.4 Å². The lowest BCUT2D eigenvalue weighted by Gasteiger charge is -2.44. The van der Waals surface area contributed by atoms with Crippen molar-refractivity contribution in [1.29, 1.82) is 0 Å². The minimum atomic E-state index is -1.67. The topological polar surface area (TPSA) is 88.1 Å². The van der Waals surface area contributed by atoms with Gasteiger partial charge < -0.3 is 10.0 Å². The van der Waals surface area contributed by atoms with E-state index in [1.54, 1.807) is 6.33 Å². The van der Waals surface area contributed by atoms with Crippen LogP contribution in [0.25, 0.3) is 0 Å². The summed E-state index contributed by atoms with van der Waals surface area (Å²) in [5, 5.41) is 20.7. The van der Waals surface area contributed by atoms with Crippen LogP contribution in [-0.4, -0.2) is 71.8 Å². The van der Waals surface area contributed by atoms with Crippen LogP contribution in [0.3, 0.4) is 0 Å². The Labute approximate surface area is 233 Å². The lowest BCUT2D eigenvalue weighted by Crippen LogP contribution is -2.57. The van der Waals surface area contributed by atoms with E-state index in [0.717, 1.165) is 17.7 Å². The third-order valence-electron chi connectivity index (χ3n) is 7.79. The summed E-state index contributed by atoms with van der Waals surface area (Å²) in [5.41, 5.74) is 0.907. The summed E-state index contributed by atoms with van der Waals surface area (Å²) in [6.07, 6.45) is 4.58. The van der Waals surface area contributed by atoms with Crippen molar-refractivity contribution in [2.24, 2.45) is 0 Å². The molecule has 5 rings (SSSR count). The molecule has 0 saturated carbocycles. The molecule has 0 unspecified atom stereocenters. The molecule has 40 heavy (non-hydrogen) atoms. The fraction of sp³-hybridized carbons (Fsp3) is 0.448. The highest BCUT2D eigenvalue weighted by Gasteiger charge is 2.42. The van der Waals surface area contributed by atoms with E-state index in [-0.39, 0.29) is 17.5 Å². The number of halogens is 2. The molecular weight excluding hydrogens is 514 g/mol. The van der Waals surface area contributed by atoms with Crippen LogP contribution < -0.4 is 4.90 Å². The Morgan fingerprint density at radius 1 is 0.950 bits per heavy atom. The second-order valence-electron chi connectivity index (χ2n) is 11.5. The SMILES string of the molecule is C[C@@H](N1CCN(c2ncn(Cc3ccc(C(C)(C)C)cc3)n2)CC1)[C@](O)(Cn1cncn1)c1ccc(F)cc1F. The molecule has 2 atom stereocenters. The van der Waals surface area contributed by atoms with E-state index in [1.807, 2.05) is 11.6 Å². The van der Waals surface area contributed by atoms with Crippen molar-refractivity contribution in [1.82, 2.24) is 34.4 Å².